The third-order valence-electron chi connectivity index (χ3n) is 3.44. The van der Waals surface area contributed by atoms with E-state index in [9.17, 15) is 4.79 Å². The molecule has 1 aromatic carbocycles. The highest BCUT2D eigenvalue weighted by molar-refractivity contribution is 7.07. The Balaban J connectivity index is 1.61. The van der Waals surface area contributed by atoms with Crippen molar-refractivity contribution in [3.05, 3.63) is 50.6 Å². The lowest BCUT2D eigenvalue weighted by Crippen LogP contribution is -2.36. The first kappa shape index (κ1) is 15.7. The molecule has 1 heterocycles. The minimum absolute atomic E-state index is 0.00267. The van der Waals surface area contributed by atoms with Gasteiger partial charge in [-0.1, -0.05) is 23.2 Å². The zero-order chi connectivity index (χ0) is 15.5. The molecular formula is C16H15Cl2NO2S. The predicted molar refractivity (Wildman–Crippen MR) is 89.8 cm³/mol. The predicted octanol–water partition coefficient (Wildman–Crippen LogP) is 4.62. The summed E-state index contributed by atoms with van der Waals surface area (Å²) in [6.45, 7) is 0.643. The SMILES string of the molecule is O=C(COc1cc(Cl)cc(Cl)c1)N(Cc1ccsc1)C1CC1. The molecule has 1 aromatic heterocycles. The second kappa shape index (κ2) is 6.90. The summed E-state index contributed by atoms with van der Waals surface area (Å²) in [6.07, 6.45) is 2.14. The lowest BCUT2D eigenvalue weighted by molar-refractivity contribution is -0.134. The molecule has 1 aliphatic carbocycles. The molecule has 0 bridgehead atoms. The summed E-state index contributed by atoms with van der Waals surface area (Å²) in [6, 6.07) is 7.33. The Morgan fingerprint density at radius 3 is 2.59 bits per heavy atom. The normalized spacial score (nSPS) is 13.9. The molecule has 0 unspecified atom stereocenters. The number of carbonyl (C=O) groups is 1. The van der Waals surface area contributed by atoms with E-state index >= 15 is 0 Å². The number of nitrogens with zero attached hydrogens (tertiary/aromatic N) is 1. The van der Waals surface area contributed by atoms with Crippen molar-refractivity contribution in [3.63, 3.8) is 0 Å². The number of carbonyl (C=O) groups excluding carboxylic acids is 1. The van der Waals surface area contributed by atoms with Crippen LogP contribution in [-0.4, -0.2) is 23.5 Å². The van der Waals surface area contributed by atoms with Gasteiger partial charge < -0.3 is 9.64 Å². The first-order valence-electron chi connectivity index (χ1n) is 7.01. The van der Waals surface area contributed by atoms with Gasteiger partial charge in [-0.15, -0.1) is 0 Å². The molecule has 3 rings (SSSR count). The molecule has 3 nitrogen and oxygen atoms in total. The Hall–Kier alpha value is -1.23. The van der Waals surface area contributed by atoms with E-state index in [1.165, 1.54) is 0 Å². The zero-order valence-corrected chi connectivity index (χ0v) is 14.1. The number of halogens is 2. The van der Waals surface area contributed by atoms with E-state index < -0.39 is 0 Å². The fourth-order valence-electron chi connectivity index (χ4n) is 2.23. The minimum Gasteiger partial charge on any atom is -0.484 e. The van der Waals surface area contributed by atoms with E-state index in [2.05, 4.69) is 5.38 Å². The van der Waals surface area contributed by atoms with Crippen LogP contribution in [0.15, 0.2) is 35.0 Å². The van der Waals surface area contributed by atoms with Gasteiger partial charge in [0.25, 0.3) is 5.91 Å². The first-order chi connectivity index (χ1) is 10.6. The summed E-state index contributed by atoms with van der Waals surface area (Å²) in [7, 11) is 0. The summed E-state index contributed by atoms with van der Waals surface area (Å²) in [4.78, 5) is 14.3. The standard InChI is InChI=1S/C16H15Cl2NO2S/c17-12-5-13(18)7-15(6-12)21-9-16(20)19(14-1-2-14)8-11-3-4-22-10-11/h3-7,10,14H,1-2,8-9H2. The number of thiophene rings is 1. The van der Waals surface area contributed by atoms with Crippen molar-refractivity contribution in [1.29, 1.82) is 0 Å². The molecule has 0 radical (unpaired) electrons. The maximum absolute atomic E-state index is 12.4. The van der Waals surface area contributed by atoms with Gasteiger partial charge in [0.1, 0.15) is 5.75 Å². The van der Waals surface area contributed by atoms with Crippen LogP contribution in [0.5, 0.6) is 5.75 Å². The monoisotopic (exact) mass is 355 g/mol. The molecule has 1 saturated carbocycles. The highest BCUT2D eigenvalue weighted by Gasteiger charge is 2.32. The average Bonchev–Trinajstić information content (AvgIpc) is 3.18. The highest BCUT2D eigenvalue weighted by Crippen LogP contribution is 2.29. The van der Waals surface area contributed by atoms with Crippen LogP contribution in [0.3, 0.4) is 0 Å². The third-order valence-corrected chi connectivity index (χ3v) is 4.61. The molecule has 1 amide bonds. The van der Waals surface area contributed by atoms with Gasteiger partial charge in [-0.3, -0.25) is 4.79 Å². The fraction of sp³-hybridized carbons (Fsp3) is 0.312. The summed E-state index contributed by atoms with van der Waals surface area (Å²) in [5, 5.41) is 5.08. The Kier molecular flexibility index (Phi) is 4.91. The number of hydrogen-bond donors (Lipinski definition) is 0. The Morgan fingerprint density at radius 1 is 1.27 bits per heavy atom. The summed E-state index contributed by atoms with van der Waals surface area (Å²) in [5.41, 5.74) is 1.16. The number of ether oxygens (including phenoxy) is 1. The zero-order valence-electron chi connectivity index (χ0n) is 11.8. The van der Waals surface area contributed by atoms with Crippen molar-refractivity contribution in [2.75, 3.05) is 6.61 Å². The van der Waals surface area contributed by atoms with Gasteiger partial charge in [-0.2, -0.15) is 11.3 Å². The van der Waals surface area contributed by atoms with Crippen LogP contribution >= 0.6 is 34.5 Å². The lowest BCUT2D eigenvalue weighted by atomic mass is 10.3. The molecule has 22 heavy (non-hydrogen) atoms. The van der Waals surface area contributed by atoms with E-state index in [1.807, 2.05) is 16.3 Å². The van der Waals surface area contributed by atoms with Gasteiger partial charge in [0, 0.05) is 22.6 Å². The summed E-state index contributed by atoms with van der Waals surface area (Å²) < 4.78 is 5.55. The maximum Gasteiger partial charge on any atom is 0.261 e. The second-order valence-electron chi connectivity index (χ2n) is 5.28. The van der Waals surface area contributed by atoms with Crippen LogP contribution in [0.25, 0.3) is 0 Å². The number of amides is 1. The van der Waals surface area contributed by atoms with Crippen LogP contribution < -0.4 is 4.74 Å². The molecule has 0 spiro atoms. The van der Waals surface area contributed by atoms with E-state index in [0.717, 1.165) is 18.4 Å². The summed E-state index contributed by atoms with van der Waals surface area (Å²) in [5.74, 6) is 0.502. The van der Waals surface area contributed by atoms with Crippen molar-refractivity contribution in [1.82, 2.24) is 4.90 Å². The Labute approximate surface area is 143 Å². The van der Waals surface area contributed by atoms with E-state index in [0.29, 0.717) is 28.4 Å². The van der Waals surface area contributed by atoms with Gasteiger partial charge in [-0.05, 0) is 53.4 Å². The van der Waals surface area contributed by atoms with Gasteiger partial charge in [0.2, 0.25) is 0 Å². The van der Waals surface area contributed by atoms with E-state index in [1.54, 1.807) is 29.5 Å². The third kappa shape index (κ3) is 4.15. The molecule has 0 N–H and O–H groups in total. The van der Waals surface area contributed by atoms with Crippen LogP contribution in [0.4, 0.5) is 0 Å². The van der Waals surface area contributed by atoms with E-state index in [-0.39, 0.29) is 12.5 Å². The molecule has 116 valence electrons. The second-order valence-corrected chi connectivity index (χ2v) is 6.93. The van der Waals surface area contributed by atoms with Gasteiger partial charge >= 0.3 is 0 Å². The number of rotatable bonds is 6. The van der Waals surface area contributed by atoms with Crippen molar-refractivity contribution in [3.8, 4) is 5.75 Å². The Bertz CT molecular complexity index is 636. The number of benzene rings is 1. The van der Waals surface area contributed by atoms with Crippen LogP contribution in [-0.2, 0) is 11.3 Å². The summed E-state index contributed by atoms with van der Waals surface area (Å²) >= 11 is 13.5. The van der Waals surface area contributed by atoms with Crippen molar-refractivity contribution in [2.45, 2.75) is 25.4 Å². The molecule has 0 saturated heterocycles. The van der Waals surface area contributed by atoms with Crippen molar-refractivity contribution >= 4 is 40.4 Å². The van der Waals surface area contributed by atoms with Gasteiger partial charge in [0.15, 0.2) is 6.61 Å². The fourth-order valence-corrected chi connectivity index (χ4v) is 3.39. The molecule has 0 atom stereocenters. The largest absolute Gasteiger partial charge is 0.484 e. The lowest BCUT2D eigenvalue weighted by Gasteiger charge is -2.22. The number of hydrogen-bond acceptors (Lipinski definition) is 3. The van der Waals surface area contributed by atoms with Crippen LogP contribution in [0.2, 0.25) is 10.0 Å². The molecular weight excluding hydrogens is 341 g/mol. The molecule has 0 aliphatic heterocycles. The van der Waals surface area contributed by atoms with Crippen LogP contribution in [0, 0.1) is 0 Å². The highest BCUT2D eigenvalue weighted by atomic mass is 35.5. The molecule has 1 fully saturated rings. The molecule has 2 aromatic rings. The molecule has 6 heteroatoms. The topological polar surface area (TPSA) is 29.5 Å². The average molecular weight is 356 g/mol. The van der Waals surface area contributed by atoms with E-state index in [4.69, 9.17) is 27.9 Å². The smallest absolute Gasteiger partial charge is 0.261 e. The maximum atomic E-state index is 12.4. The first-order valence-corrected chi connectivity index (χ1v) is 8.71. The van der Waals surface area contributed by atoms with Crippen LogP contribution in [0.1, 0.15) is 18.4 Å². The Morgan fingerprint density at radius 2 is 2.00 bits per heavy atom. The van der Waals surface area contributed by atoms with Gasteiger partial charge in [0.05, 0.1) is 0 Å². The van der Waals surface area contributed by atoms with Crippen molar-refractivity contribution < 1.29 is 9.53 Å². The molecule has 1 aliphatic rings. The van der Waals surface area contributed by atoms with Gasteiger partial charge in [-0.25, -0.2) is 0 Å². The minimum atomic E-state index is -0.00945. The van der Waals surface area contributed by atoms with Crippen molar-refractivity contribution in [2.24, 2.45) is 0 Å². The quantitative estimate of drug-likeness (QED) is 0.756.